The first kappa shape index (κ1) is 16.8. The third-order valence-corrected chi connectivity index (χ3v) is 3.90. The van der Waals surface area contributed by atoms with Crippen molar-refractivity contribution in [3.63, 3.8) is 0 Å². The van der Waals surface area contributed by atoms with Crippen LogP contribution in [0.15, 0.2) is 14.1 Å². The molecule has 0 aliphatic carbocycles. The van der Waals surface area contributed by atoms with Gasteiger partial charge in [-0.25, -0.2) is 4.68 Å². The van der Waals surface area contributed by atoms with Crippen molar-refractivity contribution in [2.75, 3.05) is 25.1 Å². The molecule has 0 spiro atoms. The van der Waals surface area contributed by atoms with E-state index in [0.717, 1.165) is 4.68 Å². The summed E-state index contributed by atoms with van der Waals surface area (Å²) in [6, 6.07) is 0. The summed E-state index contributed by atoms with van der Waals surface area (Å²) in [6.07, 6.45) is 0. The normalized spacial score (nSPS) is 10.7. The minimum atomic E-state index is -0.486. The Bertz CT molecular complexity index is 893. The van der Waals surface area contributed by atoms with Crippen LogP contribution in [0, 0.1) is 0 Å². The molecule has 2 heterocycles. The van der Waals surface area contributed by atoms with Gasteiger partial charge in [-0.2, -0.15) is 5.10 Å². The van der Waals surface area contributed by atoms with Gasteiger partial charge < -0.3 is 16.0 Å². The van der Waals surface area contributed by atoms with Crippen molar-refractivity contribution in [3.8, 4) is 0 Å². The molecule has 0 saturated heterocycles. The van der Waals surface area contributed by atoms with Crippen molar-refractivity contribution in [3.05, 3.63) is 30.9 Å². The van der Waals surface area contributed by atoms with Gasteiger partial charge in [0.25, 0.3) is 17.0 Å². The van der Waals surface area contributed by atoms with E-state index in [2.05, 4.69) is 31.4 Å². The Hall–Kier alpha value is -2.56. The molecular formula is C12H16BrN7O3. The third kappa shape index (κ3) is 2.86. The van der Waals surface area contributed by atoms with Crippen molar-refractivity contribution in [2.45, 2.75) is 0 Å². The van der Waals surface area contributed by atoms with E-state index in [1.165, 1.54) is 16.6 Å². The van der Waals surface area contributed by atoms with Crippen LogP contribution < -0.4 is 22.2 Å². The van der Waals surface area contributed by atoms with Crippen molar-refractivity contribution < 1.29 is 4.79 Å². The molecule has 1 amide bonds. The zero-order valence-electron chi connectivity index (χ0n) is 13.0. The first-order chi connectivity index (χ1) is 10.6. The number of rotatable bonds is 3. The molecular weight excluding hydrogens is 370 g/mol. The number of carbonyl (C=O) groups excluding carboxylic acids is 1. The van der Waals surface area contributed by atoms with Crippen LogP contribution in [-0.2, 0) is 14.1 Å². The molecule has 0 radical (unpaired) electrons. The van der Waals surface area contributed by atoms with E-state index in [9.17, 15) is 14.4 Å². The Morgan fingerprint density at radius 3 is 2.52 bits per heavy atom. The summed E-state index contributed by atoms with van der Waals surface area (Å²) >= 11 is 3.07. The maximum absolute atomic E-state index is 12.2. The number of carbonyl (C=O) groups is 1. The van der Waals surface area contributed by atoms with Crippen molar-refractivity contribution in [2.24, 2.45) is 14.1 Å². The van der Waals surface area contributed by atoms with Crippen molar-refractivity contribution in [1.29, 1.82) is 0 Å². The molecule has 0 aliphatic heterocycles. The standard InChI is InChI=1S/C12H16BrN7O3/c1-18(2)11(22)8-6(14)9(19(3)16-8)15-7-5(13)10(21)17-20(4)12(7)23/h15H,14H2,1-4H3,(H,17,21). The highest BCUT2D eigenvalue weighted by atomic mass is 79.9. The summed E-state index contributed by atoms with van der Waals surface area (Å²) in [5.74, 6) is -0.136. The molecule has 2 aromatic rings. The van der Waals surface area contributed by atoms with Gasteiger partial charge in [0, 0.05) is 28.2 Å². The lowest BCUT2D eigenvalue weighted by atomic mass is 10.3. The lowest BCUT2D eigenvalue weighted by molar-refractivity contribution is 0.0822. The average molecular weight is 386 g/mol. The fourth-order valence-corrected chi connectivity index (χ4v) is 2.27. The molecule has 0 unspecified atom stereocenters. The van der Waals surface area contributed by atoms with E-state index < -0.39 is 11.1 Å². The number of aryl methyl sites for hydroxylation is 2. The minimum Gasteiger partial charge on any atom is -0.394 e. The lowest BCUT2D eigenvalue weighted by Gasteiger charge is -2.10. The van der Waals surface area contributed by atoms with E-state index in [1.54, 1.807) is 21.1 Å². The van der Waals surface area contributed by atoms with Crippen molar-refractivity contribution in [1.82, 2.24) is 24.5 Å². The van der Waals surface area contributed by atoms with Gasteiger partial charge in [0.2, 0.25) is 0 Å². The van der Waals surface area contributed by atoms with Gasteiger partial charge in [-0.3, -0.25) is 24.2 Å². The Morgan fingerprint density at radius 2 is 1.96 bits per heavy atom. The summed E-state index contributed by atoms with van der Waals surface area (Å²) in [5.41, 5.74) is 5.14. The van der Waals surface area contributed by atoms with Crippen LogP contribution in [0.1, 0.15) is 10.5 Å². The number of nitrogens with one attached hydrogen (secondary N) is 2. The van der Waals surface area contributed by atoms with E-state index in [4.69, 9.17) is 5.73 Å². The fourth-order valence-electron chi connectivity index (χ4n) is 1.91. The van der Waals surface area contributed by atoms with Crippen LogP contribution in [0.25, 0.3) is 0 Å². The smallest absolute Gasteiger partial charge is 0.289 e. The van der Waals surface area contributed by atoms with Gasteiger partial charge in [0.05, 0.1) is 0 Å². The zero-order chi connectivity index (χ0) is 17.5. The number of H-pyrrole nitrogens is 1. The monoisotopic (exact) mass is 385 g/mol. The van der Waals surface area contributed by atoms with E-state index in [-0.39, 0.29) is 33.3 Å². The molecule has 23 heavy (non-hydrogen) atoms. The predicted octanol–water partition coefficient (Wildman–Crippen LogP) is -0.403. The second-order valence-electron chi connectivity index (χ2n) is 5.05. The Morgan fingerprint density at radius 1 is 1.35 bits per heavy atom. The molecule has 0 aromatic carbocycles. The molecule has 11 heteroatoms. The molecule has 0 aliphatic rings. The quantitative estimate of drug-likeness (QED) is 0.658. The first-order valence-corrected chi connectivity index (χ1v) is 7.24. The first-order valence-electron chi connectivity index (χ1n) is 6.45. The fraction of sp³-hybridized carbons (Fsp3) is 0.333. The van der Waals surface area contributed by atoms with Gasteiger partial charge in [-0.05, 0) is 15.9 Å². The summed E-state index contributed by atoms with van der Waals surface area (Å²) in [4.78, 5) is 37.3. The van der Waals surface area contributed by atoms with Gasteiger partial charge in [0.15, 0.2) is 11.5 Å². The van der Waals surface area contributed by atoms with Crippen LogP contribution in [0.2, 0.25) is 0 Å². The molecule has 0 atom stereocenters. The second kappa shape index (κ2) is 5.91. The predicted molar refractivity (Wildman–Crippen MR) is 88.9 cm³/mol. The average Bonchev–Trinajstić information content (AvgIpc) is 2.76. The maximum Gasteiger partial charge on any atom is 0.289 e. The number of nitrogens with zero attached hydrogens (tertiary/aromatic N) is 4. The largest absolute Gasteiger partial charge is 0.394 e. The SMILES string of the molecule is CN(C)C(=O)c1nn(C)c(Nc2c(Br)c(=O)[nH]n(C)c2=O)c1N. The van der Waals surface area contributed by atoms with Crippen LogP contribution in [0.4, 0.5) is 17.2 Å². The van der Waals surface area contributed by atoms with E-state index >= 15 is 0 Å². The Kier molecular flexibility index (Phi) is 4.32. The Balaban J connectivity index is 2.57. The van der Waals surface area contributed by atoms with Crippen LogP contribution in [-0.4, -0.2) is 44.5 Å². The van der Waals surface area contributed by atoms with Gasteiger partial charge >= 0.3 is 0 Å². The number of aromatic nitrogens is 4. The highest BCUT2D eigenvalue weighted by molar-refractivity contribution is 9.10. The Labute approximate surface area is 139 Å². The van der Waals surface area contributed by atoms with Gasteiger partial charge in [-0.1, -0.05) is 0 Å². The molecule has 0 bridgehead atoms. The lowest BCUT2D eigenvalue weighted by Crippen LogP contribution is -2.30. The van der Waals surface area contributed by atoms with Crippen molar-refractivity contribution >= 4 is 39.0 Å². The van der Waals surface area contributed by atoms with Crippen LogP contribution >= 0.6 is 15.9 Å². The zero-order valence-corrected chi connectivity index (χ0v) is 14.6. The summed E-state index contributed by atoms with van der Waals surface area (Å²) < 4.78 is 2.40. The summed E-state index contributed by atoms with van der Waals surface area (Å²) in [6.45, 7) is 0. The number of hydrogen-bond donors (Lipinski definition) is 3. The molecule has 0 saturated carbocycles. The summed E-state index contributed by atoms with van der Waals surface area (Å²) in [5, 5.41) is 9.18. The van der Waals surface area contributed by atoms with E-state index in [1.807, 2.05) is 0 Å². The second-order valence-corrected chi connectivity index (χ2v) is 5.85. The topological polar surface area (TPSA) is 131 Å². The number of hydrogen-bond acceptors (Lipinski definition) is 6. The number of halogens is 1. The maximum atomic E-state index is 12.2. The van der Waals surface area contributed by atoms with Crippen LogP contribution in [0.3, 0.4) is 0 Å². The number of anilines is 3. The number of nitrogen functional groups attached to an aromatic ring is 1. The van der Waals surface area contributed by atoms with Crippen LogP contribution in [0.5, 0.6) is 0 Å². The molecule has 4 N–H and O–H groups in total. The number of amides is 1. The van der Waals surface area contributed by atoms with Gasteiger partial charge in [-0.15, -0.1) is 0 Å². The van der Waals surface area contributed by atoms with Gasteiger partial charge in [0.1, 0.15) is 15.8 Å². The third-order valence-electron chi connectivity index (χ3n) is 3.14. The molecule has 2 aromatic heterocycles. The van der Waals surface area contributed by atoms with E-state index in [0.29, 0.717) is 0 Å². The highest BCUT2D eigenvalue weighted by Crippen LogP contribution is 2.27. The number of nitrogens with two attached hydrogens (primary N) is 1. The molecule has 10 nitrogen and oxygen atoms in total. The molecule has 0 fully saturated rings. The minimum absolute atomic E-state index is 0.00481. The summed E-state index contributed by atoms with van der Waals surface area (Å²) in [7, 11) is 6.13. The highest BCUT2D eigenvalue weighted by Gasteiger charge is 2.23. The molecule has 124 valence electrons. The molecule has 2 rings (SSSR count). The number of aromatic amines is 1.